The van der Waals surface area contributed by atoms with Gasteiger partial charge in [0.1, 0.15) is 0 Å². The maximum Gasteiger partial charge on any atom is 0.393 e. The fourth-order valence-electron chi connectivity index (χ4n) is 2.33. The van der Waals surface area contributed by atoms with E-state index in [1.165, 1.54) is 0 Å². The average Bonchev–Trinajstić information content (AvgIpc) is 2.29. The molecule has 1 fully saturated rings. The maximum absolute atomic E-state index is 12.6. The van der Waals surface area contributed by atoms with Gasteiger partial charge in [-0.05, 0) is 33.2 Å². The molecule has 0 saturated carbocycles. The van der Waals surface area contributed by atoms with Crippen molar-refractivity contribution < 1.29 is 18.0 Å². The van der Waals surface area contributed by atoms with Crippen molar-refractivity contribution in [1.82, 2.24) is 9.80 Å². The number of hydrogen-bond donors (Lipinski definition) is 0. The highest BCUT2D eigenvalue weighted by Gasteiger charge is 2.41. The number of carbonyl (C=O) groups excluding carboxylic acids is 1. The smallest absolute Gasteiger partial charge is 0.342 e. The van der Waals surface area contributed by atoms with Crippen LogP contribution in [0, 0.1) is 5.92 Å². The molecule has 1 atom stereocenters. The summed E-state index contributed by atoms with van der Waals surface area (Å²) in [7, 11) is 0. The van der Waals surface area contributed by atoms with E-state index in [0.29, 0.717) is 26.1 Å². The number of carbonyl (C=O) groups is 1. The first-order chi connectivity index (χ1) is 8.38. The number of alkyl halides is 3. The third kappa shape index (κ3) is 4.15. The molecule has 0 spiro atoms. The second-order valence-electron chi connectivity index (χ2n) is 4.68. The zero-order valence-corrected chi connectivity index (χ0v) is 11.0. The fraction of sp³-hybridized carbons (Fsp3) is 0.917. The number of piperidine rings is 1. The molecule has 0 N–H and O–H groups in total. The fourth-order valence-corrected chi connectivity index (χ4v) is 2.33. The molecule has 1 rings (SSSR count). The van der Waals surface area contributed by atoms with Gasteiger partial charge in [0.05, 0.1) is 12.5 Å². The third-order valence-corrected chi connectivity index (χ3v) is 3.44. The number of likely N-dealkylation sites (N-methyl/N-ethyl adjacent to an activating group) is 1. The lowest BCUT2D eigenvalue weighted by Gasteiger charge is -2.34. The van der Waals surface area contributed by atoms with E-state index in [0.717, 1.165) is 0 Å². The van der Waals surface area contributed by atoms with Crippen molar-refractivity contribution >= 4 is 5.91 Å². The Morgan fingerprint density at radius 1 is 1.33 bits per heavy atom. The minimum atomic E-state index is -4.14. The number of halogens is 3. The van der Waals surface area contributed by atoms with Crippen LogP contribution in [-0.2, 0) is 4.79 Å². The van der Waals surface area contributed by atoms with Crippen LogP contribution in [0.15, 0.2) is 0 Å². The molecule has 1 heterocycles. The first kappa shape index (κ1) is 15.3. The molecule has 6 heteroatoms. The summed E-state index contributed by atoms with van der Waals surface area (Å²) in [6.07, 6.45) is -3.45. The Balaban J connectivity index is 2.50. The van der Waals surface area contributed by atoms with Crippen LogP contribution in [-0.4, -0.2) is 54.6 Å². The van der Waals surface area contributed by atoms with E-state index in [2.05, 4.69) is 0 Å². The van der Waals surface area contributed by atoms with Gasteiger partial charge in [0.25, 0.3) is 0 Å². The summed E-state index contributed by atoms with van der Waals surface area (Å²) in [6.45, 7) is 5.59. The Kier molecular flexibility index (Phi) is 5.44. The van der Waals surface area contributed by atoms with E-state index in [9.17, 15) is 18.0 Å². The summed E-state index contributed by atoms with van der Waals surface area (Å²) in [6, 6.07) is 0. The van der Waals surface area contributed by atoms with Crippen molar-refractivity contribution in [2.24, 2.45) is 5.92 Å². The highest BCUT2D eigenvalue weighted by molar-refractivity contribution is 5.78. The predicted molar refractivity (Wildman–Crippen MR) is 63.1 cm³/mol. The van der Waals surface area contributed by atoms with Crippen LogP contribution in [0.1, 0.15) is 26.7 Å². The molecule has 3 nitrogen and oxygen atoms in total. The Morgan fingerprint density at radius 2 is 1.94 bits per heavy atom. The van der Waals surface area contributed by atoms with Crippen molar-refractivity contribution in [3.63, 3.8) is 0 Å². The maximum atomic E-state index is 12.6. The highest BCUT2D eigenvalue weighted by atomic mass is 19.4. The molecule has 1 unspecified atom stereocenters. The lowest BCUT2D eigenvalue weighted by molar-refractivity contribution is -0.187. The van der Waals surface area contributed by atoms with Crippen LogP contribution >= 0.6 is 0 Å². The lowest BCUT2D eigenvalue weighted by atomic mass is 9.97. The zero-order chi connectivity index (χ0) is 13.8. The van der Waals surface area contributed by atoms with Gasteiger partial charge in [-0.2, -0.15) is 13.2 Å². The summed E-state index contributed by atoms with van der Waals surface area (Å²) in [5.74, 6) is -1.36. The minimum absolute atomic E-state index is 0.0451. The molecular formula is C12H21F3N2O. The molecule has 106 valence electrons. The molecule has 0 aromatic rings. The van der Waals surface area contributed by atoms with Crippen molar-refractivity contribution in [3.8, 4) is 0 Å². The minimum Gasteiger partial charge on any atom is -0.342 e. The summed E-state index contributed by atoms with van der Waals surface area (Å²) in [5.41, 5.74) is 0. The number of amides is 1. The molecule has 0 bridgehead atoms. The van der Waals surface area contributed by atoms with E-state index in [-0.39, 0.29) is 25.4 Å². The van der Waals surface area contributed by atoms with Crippen molar-refractivity contribution in [3.05, 3.63) is 0 Å². The van der Waals surface area contributed by atoms with Crippen LogP contribution in [0.5, 0.6) is 0 Å². The molecule has 18 heavy (non-hydrogen) atoms. The van der Waals surface area contributed by atoms with Gasteiger partial charge in [-0.15, -0.1) is 0 Å². The molecule has 0 radical (unpaired) electrons. The van der Waals surface area contributed by atoms with Crippen molar-refractivity contribution in [2.45, 2.75) is 32.9 Å². The van der Waals surface area contributed by atoms with Gasteiger partial charge in [0.2, 0.25) is 5.91 Å². The van der Waals surface area contributed by atoms with Gasteiger partial charge in [0.15, 0.2) is 0 Å². The summed E-state index contributed by atoms with van der Waals surface area (Å²) in [5, 5.41) is 0. The SMILES string of the molecule is CCN(CC)C(=O)CN1CCCC(C(F)(F)F)C1. The van der Waals surface area contributed by atoms with Gasteiger partial charge in [-0.3, -0.25) is 9.69 Å². The first-order valence-corrected chi connectivity index (χ1v) is 6.45. The monoisotopic (exact) mass is 266 g/mol. The largest absolute Gasteiger partial charge is 0.393 e. The Labute approximate surface area is 106 Å². The molecule has 0 aliphatic carbocycles. The lowest BCUT2D eigenvalue weighted by Crippen LogP contribution is -2.46. The Morgan fingerprint density at radius 3 is 2.44 bits per heavy atom. The average molecular weight is 266 g/mol. The zero-order valence-electron chi connectivity index (χ0n) is 11.0. The molecule has 1 amide bonds. The van der Waals surface area contributed by atoms with Crippen molar-refractivity contribution in [1.29, 1.82) is 0 Å². The van der Waals surface area contributed by atoms with E-state index in [1.54, 1.807) is 9.80 Å². The number of hydrogen-bond acceptors (Lipinski definition) is 2. The molecule has 1 aliphatic rings. The number of likely N-dealkylation sites (tertiary alicyclic amines) is 1. The van der Waals surface area contributed by atoms with Crippen LogP contribution in [0.2, 0.25) is 0 Å². The van der Waals surface area contributed by atoms with Gasteiger partial charge in [-0.25, -0.2) is 0 Å². The Bertz CT molecular complexity index is 277. The van der Waals surface area contributed by atoms with E-state index >= 15 is 0 Å². The summed E-state index contributed by atoms with van der Waals surface area (Å²) < 4.78 is 37.9. The standard InChI is InChI=1S/C12H21F3N2O/c1-3-17(4-2)11(18)9-16-7-5-6-10(8-16)12(13,14)15/h10H,3-9H2,1-2H3. The van der Waals surface area contributed by atoms with E-state index in [1.807, 2.05) is 13.8 Å². The molecule has 1 saturated heterocycles. The number of rotatable bonds is 4. The normalized spacial score (nSPS) is 21.9. The van der Waals surface area contributed by atoms with Gasteiger partial charge < -0.3 is 4.90 Å². The topological polar surface area (TPSA) is 23.6 Å². The second kappa shape index (κ2) is 6.41. The highest BCUT2D eigenvalue weighted by Crippen LogP contribution is 2.32. The van der Waals surface area contributed by atoms with Crippen LogP contribution in [0.4, 0.5) is 13.2 Å². The van der Waals surface area contributed by atoms with Gasteiger partial charge >= 0.3 is 6.18 Å². The predicted octanol–water partition coefficient (Wildman–Crippen LogP) is 2.13. The number of nitrogens with zero attached hydrogens (tertiary/aromatic N) is 2. The van der Waals surface area contributed by atoms with Crippen LogP contribution < -0.4 is 0 Å². The molecule has 0 aromatic carbocycles. The molecule has 0 aromatic heterocycles. The van der Waals surface area contributed by atoms with Gasteiger partial charge in [-0.1, -0.05) is 0 Å². The first-order valence-electron chi connectivity index (χ1n) is 6.45. The van der Waals surface area contributed by atoms with Gasteiger partial charge in [0, 0.05) is 19.6 Å². The Hall–Kier alpha value is -0.780. The summed E-state index contributed by atoms with van der Waals surface area (Å²) >= 11 is 0. The second-order valence-corrected chi connectivity index (χ2v) is 4.68. The third-order valence-electron chi connectivity index (χ3n) is 3.44. The molecular weight excluding hydrogens is 245 g/mol. The van der Waals surface area contributed by atoms with E-state index < -0.39 is 12.1 Å². The summed E-state index contributed by atoms with van der Waals surface area (Å²) in [4.78, 5) is 15.1. The molecule has 1 aliphatic heterocycles. The van der Waals surface area contributed by atoms with E-state index in [4.69, 9.17) is 0 Å². The van der Waals surface area contributed by atoms with Crippen molar-refractivity contribution in [2.75, 3.05) is 32.7 Å². The van der Waals surface area contributed by atoms with Crippen LogP contribution in [0.3, 0.4) is 0 Å². The quantitative estimate of drug-likeness (QED) is 0.778. The van der Waals surface area contributed by atoms with Crippen LogP contribution in [0.25, 0.3) is 0 Å².